The summed E-state index contributed by atoms with van der Waals surface area (Å²) in [5.74, 6) is 2.46. The molecule has 0 amide bonds. The number of hydrogen-bond donors (Lipinski definition) is 0. The van der Waals surface area contributed by atoms with E-state index in [1.165, 1.54) is 0 Å². The highest BCUT2D eigenvalue weighted by Gasteiger charge is 2.18. The van der Waals surface area contributed by atoms with Gasteiger partial charge in [-0.25, -0.2) is 4.98 Å². The van der Waals surface area contributed by atoms with E-state index in [1.807, 2.05) is 44.5 Å². The zero-order chi connectivity index (χ0) is 16.6. The van der Waals surface area contributed by atoms with Gasteiger partial charge in [-0.1, -0.05) is 0 Å². The minimum Gasteiger partial charge on any atom is -0.497 e. The number of aryl methyl sites for hydroxylation is 1. The lowest BCUT2D eigenvalue weighted by atomic mass is 10.1. The van der Waals surface area contributed by atoms with Gasteiger partial charge in [0.1, 0.15) is 17.2 Å². The van der Waals surface area contributed by atoms with E-state index in [9.17, 15) is 0 Å². The average Bonchev–Trinajstić information content (AvgIpc) is 2.92. The van der Waals surface area contributed by atoms with E-state index in [4.69, 9.17) is 14.5 Å². The number of imidazole rings is 1. The lowest BCUT2D eigenvalue weighted by Gasteiger charge is -2.12. The van der Waals surface area contributed by atoms with Crippen LogP contribution in [0.4, 0.5) is 0 Å². The van der Waals surface area contributed by atoms with E-state index >= 15 is 0 Å². The molecule has 120 valence electrons. The quantitative estimate of drug-likeness (QED) is 0.727. The molecule has 0 unspecified atom stereocenters. The van der Waals surface area contributed by atoms with Crippen molar-refractivity contribution in [3.05, 3.63) is 35.5 Å². The Hall–Kier alpha value is -2.21. The molecule has 5 nitrogen and oxygen atoms in total. The van der Waals surface area contributed by atoms with Gasteiger partial charge in [0.2, 0.25) is 0 Å². The molecule has 23 heavy (non-hydrogen) atoms. The van der Waals surface area contributed by atoms with E-state index in [2.05, 4.69) is 8.96 Å². The SMILES string of the molecule is COc1ccc2c(c1)nc(-c1ncc(C)c(OC)c1C)n2SC. The van der Waals surface area contributed by atoms with E-state index < -0.39 is 0 Å². The number of pyridine rings is 1. The lowest BCUT2D eigenvalue weighted by molar-refractivity contribution is 0.408. The summed E-state index contributed by atoms with van der Waals surface area (Å²) in [6.07, 6.45) is 3.85. The molecule has 0 radical (unpaired) electrons. The van der Waals surface area contributed by atoms with Crippen LogP contribution in [0.3, 0.4) is 0 Å². The van der Waals surface area contributed by atoms with Crippen LogP contribution in [-0.4, -0.2) is 34.4 Å². The number of methoxy groups -OCH3 is 2. The van der Waals surface area contributed by atoms with Gasteiger partial charge in [-0.2, -0.15) is 0 Å². The molecule has 6 heteroatoms. The van der Waals surface area contributed by atoms with Crippen molar-refractivity contribution in [3.63, 3.8) is 0 Å². The molecule has 2 aromatic heterocycles. The molecule has 1 aromatic carbocycles. The molecule has 0 fully saturated rings. The Morgan fingerprint density at radius 2 is 1.91 bits per heavy atom. The van der Waals surface area contributed by atoms with Crippen molar-refractivity contribution >= 4 is 23.0 Å². The van der Waals surface area contributed by atoms with Crippen molar-refractivity contribution in [2.24, 2.45) is 0 Å². The van der Waals surface area contributed by atoms with Gasteiger partial charge in [-0.15, -0.1) is 0 Å². The zero-order valence-electron chi connectivity index (χ0n) is 13.9. The Labute approximate surface area is 139 Å². The van der Waals surface area contributed by atoms with Crippen molar-refractivity contribution in [1.29, 1.82) is 0 Å². The van der Waals surface area contributed by atoms with Crippen molar-refractivity contribution in [2.75, 3.05) is 20.5 Å². The number of fused-ring (bicyclic) bond motifs is 1. The summed E-state index contributed by atoms with van der Waals surface area (Å²) in [6, 6.07) is 5.89. The third-order valence-corrected chi connectivity index (χ3v) is 4.59. The second-order valence-corrected chi connectivity index (χ2v) is 5.95. The zero-order valence-corrected chi connectivity index (χ0v) is 14.7. The molecule has 0 spiro atoms. The average molecular weight is 329 g/mol. The van der Waals surface area contributed by atoms with E-state index in [0.29, 0.717) is 0 Å². The normalized spacial score (nSPS) is 11.0. The number of benzene rings is 1. The van der Waals surface area contributed by atoms with Crippen molar-refractivity contribution in [3.8, 4) is 23.0 Å². The van der Waals surface area contributed by atoms with Crippen molar-refractivity contribution in [1.82, 2.24) is 13.9 Å². The molecular weight excluding hydrogens is 310 g/mol. The standard InChI is InChI=1S/C17H19N3O2S/c1-10-9-18-15(11(2)16(10)22-4)17-19-13-8-12(21-3)6-7-14(13)20(17)23-5/h6-9H,1-5H3. The summed E-state index contributed by atoms with van der Waals surface area (Å²) < 4.78 is 12.9. The minimum absolute atomic E-state index is 0.793. The summed E-state index contributed by atoms with van der Waals surface area (Å²) >= 11 is 1.60. The second-order valence-electron chi connectivity index (χ2n) is 5.22. The van der Waals surface area contributed by atoms with Crippen LogP contribution in [0.25, 0.3) is 22.6 Å². The van der Waals surface area contributed by atoms with E-state index in [0.717, 1.165) is 45.2 Å². The van der Waals surface area contributed by atoms with E-state index in [-0.39, 0.29) is 0 Å². The first kappa shape index (κ1) is 15.7. The van der Waals surface area contributed by atoms with Crippen molar-refractivity contribution in [2.45, 2.75) is 13.8 Å². The highest BCUT2D eigenvalue weighted by molar-refractivity contribution is 7.97. The van der Waals surface area contributed by atoms with Gasteiger partial charge in [-0.05, 0) is 37.9 Å². The molecule has 0 N–H and O–H groups in total. The van der Waals surface area contributed by atoms with Crippen LogP contribution in [0.15, 0.2) is 24.4 Å². The first-order valence-corrected chi connectivity index (χ1v) is 8.40. The molecule has 0 saturated heterocycles. The molecule has 0 atom stereocenters. The highest BCUT2D eigenvalue weighted by Crippen LogP contribution is 2.34. The third-order valence-electron chi connectivity index (χ3n) is 3.86. The fourth-order valence-corrected chi connectivity index (χ4v) is 3.41. The molecule has 3 aromatic rings. The second kappa shape index (κ2) is 6.12. The lowest BCUT2D eigenvalue weighted by Crippen LogP contribution is -2.00. The van der Waals surface area contributed by atoms with Crippen LogP contribution in [0, 0.1) is 13.8 Å². The Balaban J connectivity index is 2.28. The number of nitrogens with zero attached hydrogens (tertiary/aromatic N) is 3. The number of ether oxygens (including phenoxy) is 2. The van der Waals surface area contributed by atoms with E-state index in [1.54, 1.807) is 26.2 Å². The molecular formula is C17H19N3O2S. The maximum Gasteiger partial charge on any atom is 0.170 e. The van der Waals surface area contributed by atoms with Crippen LogP contribution in [-0.2, 0) is 0 Å². The Bertz CT molecular complexity index is 874. The predicted molar refractivity (Wildman–Crippen MR) is 94.5 cm³/mol. The summed E-state index contributed by atoms with van der Waals surface area (Å²) in [5.41, 5.74) is 4.76. The van der Waals surface area contributed by atoms with Crippen molar-refractivity contribution < 1.29 is 9.47 Å². The van der Waals surface area contributed by atoms with Gasteiger partial charge in [-0.3, -0.25) is 8.96 Å². The predicted octanol–water partition coefficient (Wildman–Crippen LogP) is 3.86. The molecule has 2 heterocycles. The first-order valence-electron chi connectivity index (χ1n) is 7.22. The van der Waals surface area contributed by atoms with Gasteiger partial charge in [0, 0.05) is 29.6 Å². The topological polar surface area (TPSA) is 49.2 Å². The van der Waals surface area contributed by atoms with Gasteiger partial charge < -0.3 is 9.47 Å². The monoisotopic (exact) mass is 329 g/mol. The smallest absolute Gasteiger partial charge is 0.170 e. The fourth-order valence-electron chi connectivity index (χ4n) is 2.76. The van der Waals surface area contributed by atoms with Gasteiger partial charge in [0.05, 0.1) is 25.3 Å². The fraction of sp³-hybridized carbons (Fsp3) is 0.294. The molecule has 0 bridgehead atoms. The van der Waals surface area contributed by atoms with Crippen LogP contribution in [0.1, 0.15) is 11.1 Å². The largest absolute Gasteiger partial charge is 0.497 e. The summed E-state index contributed by atoms with van der Waals surface area (Å²) in [5, 5.41) is 0. The summed E-state index contributed by atoms with van der Waals surface area (Å²) in [4.78, 5) is 9.37. The van der Waals surface area contributed by atoms with Crippen LogP contribution in [0.5, 0.6) is 11.5 Å². The summed E-state index contributed by atoms with van der Waals surface area (Å²) in [7, 11) is 3.34. The van der Waals surface area contributed by atoms with Crippen LogP contribution < -0.4 is 9.47 Å². The molecule has 3 rings (SSSR count). The maximum atomic E-state index is 5.52. The number of rotatable bonds is 4. The van der Waals surface area contributed by atoms with Gasteiger partial charge in [0.15, 0.2) is 5.82 Å². The maximum absolute atomic E-state index is 5.52. The third kappa shape index (κ3) is 2.53. The van der Waals surface area contributed by atoms with Gasteiger partial charge in [0.25, 0.3) is 0 Å². The summed E-state index contributed by atoms with van der Waals surface area (Å²) in [6.45, 7) is 4.00. The number of hydrogen-bond acceptors (Lipinski definition) is 5. The number of aromatic nitrogens is 3. The van der Waals surface area contributed by atoms with Gasteiger partial charge >= 0.3 is 0 Å². The van der Waals surface area contributed by atoms with Crippen LogP contribution in [0.2, 0.25) is 0 Å². The van der Waals surface area contributed by atoms with Crippen LogP contribution >= 0.6 is 11.9 Å². The minimum atomic E-state index is 0.793. The molecule has 0 aliphatic heterocycles. The molecule has 0 saturated carbocycles. The Kier molecular flexibility index (Phi) is 4.17. The first-order chi connectivity index (χ1) is 11.1. The molecule has 0 aliphatic carbocycles. The molecule has 0 aliphatic rings. The Morgan fingerprint density at radius 1 is 1.13 bits per heavy atom. The highest BCUT2D eigenvalue weighted by atomic mass is 32.2. The Morgan fingerprint density at radius 3 is 2.57 bits per heavy atom.